The SMILES string of the molecule is FC(F)(F)c1sccc1-c1c[nH]c2nc(Cl)ccc12. The van der Waals surface area contributed by atoms with Crippen molar-refractivity contribution in [2.45, 2.75) is 6.18 Å². The fourth-order valence-corrected chi connectivity index (χ4v) is 2.87. The van der Waals surface area contributed by atoms with E-state index in [2.05, 4.69) is 9.97 Å². The van der Waals surface area contributed by atoms with Crippen molar-refractivity contribution in [2.24, 2.45) is 0 Å². The lowest BCUT2D eigenvalue weighted by atomic mass is 10.1. The topological polar surface area (TPSA) is 28.7 Å². The molecule has 0 aliphatic carbocycles. The normalized spacial score (nSPS) is 12.2. The summed E-state index contributed by atoms with van der Waals surface area (Å²) in [6, 6.07) is 4.68. The van der Waals surface area contributed by atoms with Crippen LogP contribution < -0.4 is 0 Å². The fourth-order valence-electron chi connectivity index (χ4n) is 1.94. The minimum atomic E-state index is -4.35. The Labute approximate surface area is 114 Å². The lowest BCUT2D eigenvalue weighted by Gasteiger charge is -2.06. The quantitative estimate of drug-likeness (QED) is 0.632. The predicted molar refractivity (Wildman–Crippen MR) is 69.4 cm³/mol. The van der Waals surface area contributed by atoms with Gasteiger partial charge in [0.05, 0.1) is 0 Å². The van der Waals surface area contributed by atoms with Gasteiger partial charge >= 0.3 is 6.18 Å². The Hall–Kier alpha value is -1.53. The zero-order valence-corrected chi connectivity index (χ0v) is 10.8. The van der Waals surface area contributed by atoms with Gasteiger partial charge in [-0.2, -0.15) is 13.2 Å². The zero-order chi connectivity index (χ0) is 13.6. The van der Waals surface area contributed by atoms with Crippen LogP contribution in [0.4, 0.5) is 13.2 Å². The molecule has 0 bridgehead atoms. The molecule has 0 atom stereocenters. The van der Waals surface area contributed by atoms with Gasteiger partial charge in [-0.1, -0.05) is 11.6 Å². The second-order valence-corrected chi connectivity index (χ2v) is 5.20. The minimum Gasteiger partial charge on any atom is -0.345 e. The Morgan fingerprint density at radius 3 is 2.68 bits per heavy atom. The third kappa shape index (κ3) is 2.11. The van der Waals surface area contributed by atoms with Crippen molar-refractivity contribution in [3.8, 4) is 11.1 Å². The van der Waals surface area contributed by atoms with Gasteiger partial charge in [0.15, 0.2) is 0 Å². The van der Waals surface area contributed by atoms with Crippen molar-refractivity contribution in [1.29, 1.82) is 0 Å². The summed E-state index contributed by atoms with van der Waals surface area (Å²) in [5.74, 6) is 0. The molecule has 0 unspecified atom stereocenters. The van der Waals surface area contributed by atoms with E-state index in [0.717, 1.165) is 0 Å². The lowest BCUT2D eigenvalue weighted by Crippen LogP contribution is -2.03. The largest absolute Gasteiger partial charge is 0.426 e. The number of fused-ring (bicyclic) bond motifs is 1. The minimum absolute atomic E-state index is 0.160. The van der Waals surface area contributed by atoms with Crippen LogP contribution in [-0.4, -0.2) is 9.97 Å². The van der Waals surface area contributed by atoms with Crippen molar-refractivity contribution in [3.63, 3.8) is 0 Å². The number of aromatic amines is 1. The molecule has 3 heterocycles. The Bertz CT molecular complexity index is 745. The first kappa shape index (κ1) is 12.5. The molecule has 0 saturated heterocycles. The summed E-state index contributed by atoms with van der Waals surface area (Å²) in [7, 11) is 0. The number of hydrogen-bond donors (Lipinski definition) is 1. The summed E-state index contributed by atoms with van der Waals surface area (Å²) in [6.07, 6.45) is -2.84. The zero-order valence-electron chi connectivity index (χ0n) is 9.25. The van der Waals surface area contributed by atoms with E-state index in [4.69, 9.17) is 11.6 Å². The molecule has 7 heteroatoms. The van der Waals surface area contributed by atoms with Crippen molar-refractivity contribution < 1.29 is 13.2 Å². The van der Waals surface area contributed by atoms with Gasteiger partial charge in [-0.3, -0.25) is 0 Å². The maximum absolute atomic E-state index is 12.9. The van der Waals surface area contributed by atoms with Gasteiger partial charge in [0.25, 0.3) is 0 Å². The maximum atomic E-state index is 12.9. The highest BCUT2D eigenvalue weighted by Gasteiger charge is 2.35. The molecule has 0 spiro atoms. The molecule has 3 aromatic heterocycles. The van der Waals surface area contributed by atoms with Gasteiger partial charge in [0.2, 0.25) is 0 Å². The summed E-state index contributed by atoms with van der Waals surface area (Å²) in [5.41, 5.74) is 1.11. The van der Waals surface area contributed by atoms with E-state index in [0.29, 0.717) is 33.1 Å². The molecular weight excluding hydrogens is 297 g/mol. The molecule has 1 N–H and O–H groups in total. The average Bonchev–Trinajstić information content (AvgIpc) is 2.91. The number of aromatic nitrogens is 2. The number of nitrogens with one attached hydrogen (secondary N) is 1. The number of thiophene rings is 1. The highest BCUT2D eigenvalue weighted by Crippen LogP contribution is 2.42. The van der Waals surface area contributed by atoms with Crippen LogP contribution in [0.3, 0.4) is 0 Å². The van der Waals surface area contributed by atoms with Crippen LogP contribution in [-0.2, 0) is 6.18 Å². The molecule has 2 nitrogen and oxygen atoms in total. The fraction of sp³-hybridized carbons (Fsp3) is 0.0833. The summed E-state index contributed by atoms with van der Waals surface area (Å²) < 4.78 is 38.7. The Balaban J connectivity index is 2.23. The third-order valence-corrected chi connectivity index (χ3v) is 3.89. The Morgan fingerprint density at radius 1 is 1.16 bits per heavy atom. The molecule has 0 saturated carbocycles. The molecule has 0 fully saturated rings. The van der Waals surface area contributed by atoms with Crippen LogP contribution in [0.25, 0.3) is 22.2 Å². The number of pyridine rings is 1. The van der Waals surface area contributed by atoms with E-state index in [1.807, 2.05) is 0 Å². The van der Waals surface area contributed by atoms with Gasteiger partial charge < -0.3 is 4.98 Å². The van der Waals surface area contributed by atoms with Crippen molar-refractivity contribution >= 4 is 34.0 Å². The highest BCUT2D eigenvalue weighted by atomic mass is 35.5. The lowest BCUT2D eigenvalue weighted by molar-refractivity contribution is -0.133. The van der Waals surface area contributed by atoms with E-state index < -0.39 is 11.1 Å². The Morgan fingerprint density at radius 2 is 1.95 bits per heavy atom. The maximum Gasteiger partial charge on any atom is 0.426 e. The molecule has 3 aromatic rings. The van der Waals surface area contributed by atoms with E-state index in [-0.39, 0.29) is 5.56 Å². The van der Waals surface area contributed by atoms with Crippen LogP contribution in [0, 0.1) is 0 Å². The van der Waals surface area contributed by atoms with Crippen LogP contribution in [0.15, 0.2) is 29.8 Å². The number of alkyl halides is 3. The number of nitrogens with zero attached hydrogens (tertiary/aromatic N) is 1. The van der Waals surface area contributed by atoms with E-state index in [1.54, 1.807) is 12.1 Å². The molecule has 3 rings (SSSR count). The van der Waals surface area contributed by atoms with Crippen molar-refractivity contribution in [3.05, 3.63) is 39.8 Å². The number of halogens is 4. The molecule has 98 valence electrons. The van der Waals surface area contributed by atoms with Crippen LogP contribution in [0.1, 0.15) is 4.88 Å². The summed E-state index contributed by atoms with van der Waals surface area (Å²) in [4.78, 5) is 6.26. The summed E-state index contributed by atoms with van der Waals surface area (Å²) in [5, 5.41) is 2.34. The first-order chi connectivity index (χ1) is 8.97. The Kier molecular flexibility index (Phi) is 2.79. The predicted octanol–water partition coefficient (Wildman–Crippen LogP) is 4.96. The monoisotopic (exact) mass is 302 g/mol. The average molecular weight is 303 g/mol. The molecule has 0 aliphatic heterocycles. The van der Waals surface area contributed by atoms with Crippen LogP contribution >= 0.6 is 22.9 Å². The molecule has 0 radical (unpaired) electrons. The van der Waals surface area contributed by atoms with Gasteiger partial charge in [0.1, 0.15) is 15.7 Å². The van der Waals surface area contributed by atoms with Gasteiger partial charge in [-0.15, -0.1) is 11.3 Å². The second kappa shape index (κ2) is 4.25. The first-order valence-electron chi connectivity index (χ1n) is 5.25. The summed E-state index contributed by atoms with van der Waals surface area (Å²) in [6.45, 7) is 0. The van der Waals surface area contributed by atoms with Crippen LogP contribution in [0.2, 0.25) is 5.15 Å². The van der Waals surface area contributed by atoms with E-state index >= 15 is 0 Å². The molecular formula is C12H6ClF3N2S. The van der Waals surface area contributed by atoms with E-state index in [9.17, 15) is 13.2 Å². The van der Waals surface area contributed by atoms with Gasteiger partial charge in [-0.25, -0.2) is 4.98 Å². The van der Waals surface area contributed by atoms with E-state index in [1.165, 1.54) is 17.6 Å². The number of H-pyrrole nitrogens is 1. The number of rotatable bonds is 1. The molecule has 0 aromatic carbocycles. The molecule has 0 amide bonds. The van der Waals surface area contributed by atoms with Gasteiger partial charge in [0, 0.05) is 22.7 Å². The first-order valence-corrected chi connectivity index (χ1v) is 6.51. The van der Waals surface area contributed by atoms with Crippen molar-refractivity contribution in [2.75, 3.05) is 0 Å². The summed E-state index contributed by atoms with van der Waals surface area (Å²) >= 11 is 6.43. The highest BCUT2D eigenvalue weighted by molar-refractivity contribution is 7.10. The third-order valence-electron chi connectivity index (χ3n) is 2.72. The van der Waals surface area contributed by atoms with Gasteiger partial charge in [-0.05, 0) is 23.6 Å². The molecule has 0 aliphatic rings. The van der Waals surface area contributed by atoms with Crippen LogP contribution in [0.5, 0.6) is 0 Å². The van der Waals surface area contributed by atoms with Crippen molar-refractivity contribution in [1.82, 2.24) is 9.97 Å². The second-order valence-electron chi connectivity index (χ2n) is 3.89. The molecule has 19 heavy (non-hydrogen) atoms. The standard InChI is InChI=1S/C12H6ClF3N2S/c13-9-2-1-7-8(5-17-11(7)18-9)6-3-4-19-10(6)12(14,15)16/h1-5H,(H,17,18). The smallest absolute Gasteiger partial charge is 0.345 e. The number of hydrogen-bond acceptors (Lipinski definition) is 2.